The Morgan fingerprint density at radius 3 is 1.47 bits per heavy atom. The summed E-state index contributed by atoms with van der Waals surface area (Å²) in [6, 6.07) is 0. The first kappa shape index (κ1) is 16.4. The average Bonchev–Trinajstić information content (AvgIpc) is 1.98. The zero-order chi connectivity index (χ0) is 14.3. The van der Waals surface area contributed by atoms with Crippen LogP contribution in [0.5, 0.6) is 0 Å². The predicted octanol–water partition coefficient (Wildman–Crippen LogP) is 0.706. The van der Waals surface area contributed by atoms with Crippen molar-refractivity contribution in [1.82, 2.24) is 4.72 Å². The third-order valence-electron chi connectivity index (χ3n) is 1.41. The van der Waals surface area contributed by atoms with Gasteiger partial charge in [-0.3, -0.25) is 0 Å². The lowest BCUT2D eigenvalue weighted by Crippen LogP contribution is -2.48. The highest BCUT2D eigenvalue weighted by Gasteiger charge is 2.53. The molecule has 0 aliphatic rings. The van der Waals surface area contributed by atoms with Gasteiger partial charge in [0.25, 0.3) is 9.84 Å². The molecule has 0 spiro atoms. The topological polar surface area (TPSA) is 80.3 Å². The van der Waals surface area contributed by atoms with Crippen molar-refractivity contribution in [3.05, 3.63) is 0 Å². The highest BCUT2D eigenvalue weighted by molar-refractivity contribution is 7.95. The van der Waals surface area contributed by atoms with Crippen molar-refractivity contribution < 1.29 is 43.2 Å². The third-order valence-corrected chi connectivity index (χ3v) is 4.53. The summed E-state index contributed by atoms with van der Waals surface area (Å²) in [5.41, 5.74) is -11.8. The number of alkyl halides is 6. The first-order chi connectivity index (χ1) is 7.13. The maximum atomic E-state index is 11.9. The maximum Gasteiger partial charge on any atom is 0.511 e. The fourth-order valence-corrected chi connectivity index (χ4v) is 2.41. The van der Waals surface area contributed by atoms with Crippen LogP contribution >= 0.6 is 0 Å². The van der Waals surface area contributed by atoms with Crippen molar-refractivity contribution >= 4 is 19.9 Å². The molecule has 0 saturated heterocycles. The molecule has 0 saturated carbocycles. The SMILES string of the molecule is C[C@H](NS(=O)(=O)C(F)(F)F)S(=O)(=O)C(F)(F)F. The molecule has 0 unspecified atom stereocenters. The Hall–Kier alpha value is -0.560. The van der Waals surface area contributed by atoms with Gasteiger partial charge >= 0.3 is 21.0 Å². The largest absolute Gasteiger partial charge is 0.511 e. The molecule has 17 heavy (non-hydrogen) atoms. The molecule has 0 aromatic heterocycles. The van der Waals surface area contributed by atoms with E-state index in [2.05, 4.69) is 0 Å². The molecule has 1 N–H and O–H groups in total. The zero-order valence-electron chi connectivity index (χ0n) is 7.79. The number of rotatable bonds is 3. The van der Waals surface area contributed by atoms with Gasteiger partial charge in [-0.2, -0.15) is 31.1 Å². The summed E-state index contributed by atoms with van der Waals surface area (Å²) in [4.78, 5) is 0. The highest BCUT2D eigenvalue weighted by atomic mass is 32.2. The number of hydrogen-bond acceptors (Lipinski definition) is 4. The van der Waals surface area contributed by atoms with E-state index in [0.29, 0.717) is 4.72 Å². The second kappa shape index (κ2) is 4.28. The van der Waals surface area contributed by atoms with Gasteiger partial charge in [-0.1, -0.05) is 0 Å². The first-order valence-corrected chi connectivity index (χ1v) is 6.54. The summed E-state index contributed by atoms with van der Waals surface area (Å²) in [6.07, 6.45) is 0. The third kappa shape index (κ3) is 3.45. The number of nitrogens with one attached hydrogen (secondary N) is 1. The lowest BCUT2D eigenvalue weighted by atomic mass is 10.8. The lowest BCUT2D eigenvalue weighted by molar-refractivity contribution is -0.0474. The summed E-state index contributed by atoms with van der Waals surface area (Å²) in [5.74, 6) is 0. The van der Waals surface area contributed by atoms with Gasteiger partial charge in [0.1, 0.15) is 5.37 Å². The van der Waals surface area contributed by atoms with Gasteiger partial charge in [-0.25, -0.2) is 16.8 Å². The quantitative estimate of drug-likeness (QED) is 0.779. The molecule has 13 heteroatoms. The Morgan fingerprint density at radius 1 is 0.882 bits per heavy atom. The number of halogens is 6. The van der Waals surface area contributed by atoms with Crippen LogP contribution in [0.3, 0.4) is 0 Å². The van der Waals surface area contributed by atoms with E-state index < -0.39 is 36.3 Å². The molecule has 0 fully saturated rings. The van der Waals surface area contributed by atoms with E-state index >= 15 is 0 Å². The van der Waals surface area contributed by atoms with E-state index in [1.807, 2.05) is 0 Å². The second-order valence-corrected chi connectivity index (χ2v) is 6.67. The van der Waals surface area contributed by atoms with E-state index in [4.69, 9.17) is 0 Å². The van der Waals surface area contributed by atoms with Gasteiger partial charge in [0, 0.05) is 0 Å². The molecular formula is C4H5F6NO4S2. The molecule has 104 valence electrons. The Bertz CT molecular complexity index is 473. The van der Waals surface area contributed by atoms with Gasteiger partial charge in [0.15, 0.2) is 0 Å². The fourth-order valence-electron chi connectivity index (χ4n) is 0.549. The molecule has 0 aromatic rings. The Morgan fingerprint density at radius 2 is 1.24 bits per heavy atom. The Balaban J connectivity index is 5.25. The lowest BCUT2D eigenvalue weighted by Gasteiger charge is -2.17. The monoisotopic (exact) mass is 309 g/mol. The van der Waals surface area contributed by atoms with Crippen LogP contribution in [0.1, 0.15) is 6.92 Å². The molecule has 0 aliphatic carbocycles. The molecule has 0 amide bonds. The minimum Gasteiger partial charge on any atom is -0.218 e. The van der Waals surface area contributed by atoms with Crippen molar-refractivity contribution in [2.24, 2.45) is 0 Å². The highest BCUT2D eigenvalue weighted by Crippen LogP contribution is 2.28. The number of sulfonamides is 1. The van der Waals surface area contributed by atoms with Crippen LogP contribution in [0.2, 0.25) is 0 Å². The molecule has 0 aliphatic heterocycles. The van der Waals surface area contributed by atoms with Gasteiger partial charge < -0.3 is 0 Å². The second-order valence-electron chi connectivity index (χ2n) is 2.70. The maximum absolute atomic E-state index is 11.9. The van der Waals surface area contributed by atoms with E-state index in [9.17, 15) is 43.2 Å². The van der Waals surface area contributed by atoms with Crippen LogP contribution in [0.15, 0.2) is 0 Å². The molecule has 0 radical (unpaired) electrons. The standard InChI is InChI=1S/C4H5F6NO4S2/c1-2(16(12,13)3(5,6)7)11-17(14,15)4(8,9)10/h2,11H,1H3/t2-/m1/s1. The number of sulfone groups is 1. The van der Waals surface area contributed by atoms with E-state index in [0.717, 1.165) is 0 Å². The number of hydrogen-bond donors (Lipinski definition) is 1. The van der Waals surface area contributed by atoms with Crippen LogP contribution in [0, 0.1) is 0 Å². The molecular weight excluding hydrogens is 304 g/mol. The summed E-state index contributed by atoms with van der Waals surface area (Å²) in [5, 5.41) is -2.98. The van der Waals surface area contributed by atoms with Gasteiger partial charge in [0.2, 0.25) is 0 Å². The summed E-state index contributed by atoms with van der Waals surface area (Å²) < 4.78 is 113. The van der Waals surface area contributed by atoms with Gasteiger partial charge in [0.05, 0.1) is 0 Å². The molecule has 0 bridgehead atoms. The minimum absolute atomic E-state index is 0.131. The zero-order valence-corrected chi connectivity index (χ0v) is 9.43. The minimum atomic E-state index is -6.17. The first-order valence-electron chi connectivity index (χ1n) is 3.51. The average molecular weight is 309 g/mol. The summed E-state index contributed by atoms with van der Waals surface area (Å²) >= 11 is 0. The summed E-state index contributed by atoms with van der Waals surface area (Å²) in [6.45, 7) is 0.131. The molecule has 0 heterocycles. The van der Waals surface area contributed by atoms with Crippen LogP contribution in [0.4, 0.5) is 26.3 Å². The summed E-state index contributed by atoms with van der Waals surface area (Å²) in [7, 11) is -12.2. The van der Waals surface area contributed by atoms with E-state index in [1.165, 1.54) is 0 Å². The fraction of sp³-hybridized carbons (Fsp3) is 1.00. The van der Waals surface area contributed by atoms with Crippen LogP contribution in [0.25, 0.3) is 0 Å². The van der Waals surface area contributed by atoms with Crippen LogP contribution in [-0.4, -0.2) is 33.2 Å². The van der Waals surface area contributed by atoms with Crippen molar-refractivity contribution in [3.8, 4) is 0 Å². The van der Waals surface area contributed by atoms with Crippen molar-refractivity contribution in [3.63, 3.8) is 0 Å². The van der Waals surface area contributed by atoms with Crippen LogP contribution < -0.4 is 4.72 Å². The molecule has 5 nitrogen and oxygen atoms in total. The van der Waals surface area contributed by atoms with Gasteiger partial charge in [-0.15, -0.1) is 0 Å². The molecule has 1 atom stereocenters. The molecule has 0 aromatic carbocycles. The van der Waals surface area contributed by atoms with Crippen molar-refractivity contribution in [2.45, 2.75) is 23.3 Å². The van der Waals surface area contributed by atoms with Crippen molar-refractivity contribution in [2.75, 3.05) is 0 Å². The Labute approximate surface area is 91.8 Å². The molecule has 0 rings (SSSR count). The van der Waals surface area contributed by atoms with E-state index in [-0.39, 0.29) is 6.92 Å². The normalized spacial score (nSPS) is 16.9. The van der Waals surface area contributed by atoms with Crippen molar-refractivity contribution in [1.29, 1.82) is 0 Å². The van der Waals surface area contributed by atoms with E-state index in [1.54, 1.807) is 0 Å². The predicted molar refractivity (Wildman–Crippen MR) is 42.5 cm³/mol. The van der Waals surface area contributed by atoms with Crippen LogP contribution in [-0.2, 0) is 19.9 Å². The Kier molecular flexibility index (Phi) is 4.13. The van der Waals surface area contributed by atoms with Gasteiger partial charge in [-0.05, 0) is 6.92 Å². The smallest absolute Gasteiger partial charge is 0.218 e.